The number of nitrogens with one attached hydrogen (secondary N) is 2. The zero-order valence-electron chi connectivity index (χ0n) is 14.2. The number of carbonyl (C=O) groups excluding carboxylic acids is 1. The normalized spacial score (nSPS) is 11.9. The van der Waals surface area contributed by atoms with Gasteiger partial charge in [0.15, 0.2) is 0 Å². The molecule has 0 aliphatic heterocycles. The molecule has 0 bridgehead atoms. The van der Waals surface area contributed by atoms with Gasteiger partial charge in [-0.1, -0.05) is 37.6 Å². The standard InChI is InChI=1S/C19H23ClN2O2/c1-13(2)12-18(14-4-10-17(24-3)11-5-14)22-19(23)21-16-8-6-15(20)7-9-16/h4-11,13,18H,12H2,1-3H3,(H2,21,22,23)/t18-/m0/s1. The smallest absolute Gasteiger partial charge is 0.319 e. The topological polar surface area (TPSA) is 50.4 Å². The highest BCUT2D eigenvalue weighted by Crippen LogP contribution is 2.24. The van der Waals surface area contributed by atoms with Crippen molar-refractivity contribution in [3.63, 3.8) is 0 Å². The summed E-state index contributed by atoms with van der Waals surface area (Å²) in [6, 6.07) is 14.5. The van der Waals surface area contributed by atoms with Crippen LogP contribution in [0.15, 0.2) is 48.5 Å². The highest BCUT2D eigenvalue weighted by Gasteiger charge is 2.16. The van der Waals surface area contributed by atoms with E-state index in [9.17, 15) is 4.79 Å². The molecule has 0 unspecified atom stereocenters. The number of urea groups is 1. The molecule has 4 nitrogen and oxygen atoms in total. The van der Waals surface area contributed by atoms with Crippen LogP contribution in [0.5, 0.6) is 5.75 Å². The number of halogens is 1. The third kappa shape index (κ3) is 5.46. The van der Waals surface area contributed by atoms with Gasteiger partial charge in [0.05, 0.1) is 13.2 Å². The van der Waals surface area contributed by atoms with Crippen LogP contribution in [-0.2, 0) is 0 Å². The molecule has 128 valence electrons. The first-order valence-corrected chi connectivity index (χ1v) is 8.32. The Morgan fingerprint density at radius 3 is 2.25 bits per heavy atom. The van der Waals surface area contributed by atoms with Crippen LogP contribution in [0.1, 0.15) is 31.9 Å². The fourth-order valence-electron chi connectivity index (χ4n) is 2.44. The molecule has 0 fully saturated rings. The predicted octanol–water partition coefficient (Wildman–Crippen LogP) is 5.26. The van der Waals surface area contributed by atoms with Crippen molar-refractivity contribution in [1.29, 1.82) is 0 Å². The Hall–Kier alpha value is -2.20. The second-order valence-corrected chi connectivity index (χ2v) is 6.50. The summed E-state index contributed by atoms with van der Waals surface area (Å²) in [6.45, 7) is 4.27. The fraction of sp³-hybridized carbons (Fsp3) is 0.316. The summed E-state index contributed by atoms with van der Waals surface area (Å²) in [6.07, 6.45) is 0.848. The molecule has 0 aliphatic rings. The third-order valence-electron chi connectivity index (χ3n) is 3.63. The molecule has 0 saturated heterocycles. The molecule has 0 heterocycles. The van der Waals surface area contributed by atoms with Gasteiger partial charge in [-0.2, -0.15) is 0 Å². The van der Waals surface area contributed by atoms with Crippen LogP contribution in [0.2, 0.25) is 5.02 Å². The van der Waals surface area contributed by atoms with Gasteiger partial charge in [0, 0.05) is 10.7 Å². The van der Waals surface area contributed by atoms with Crippen molar-refractivity contribution in [2.45, 2.75) is 26.3 Å². The van der Waals surface area contributed by atoms with E-state index >= 15 is 0 Å². The summed E-state index contributed by atoms with van der Waals surface area (Å²) in [5.41, 5.74) is 1.76. The Bertz CT molecular complexity index is 654. The van der Waals surface area contributed by atoms with E-state index in [1.165, 1.54) is 0 Å². The largest absolute Gasteiger partial charge is 0.497 e. The van der Waals surface area contributed by atoms with E-state index in [1.807, 2.05) is 24.3 Å². The van der Waals surface area contributed by atoms with E-state index in [1.54, 1.807) is 31.4 Å². The summed E-state index contributed by atoms with van der Waals surface area (Å²) in [4.78, 5) is 12.3. The number of rotatable bonds is 6. The highest BCUT2D eigenvalue weighted by atomic mass is 35.5. The first kappa shape index (κ1) is 18.1. The Labute approximate surface area is 148 Å². The van der Waals surface area contributed by atoms with Gasteiger partial charge >= 0.3 is 6.03 Å². The second-order valence-electron chi connectivity index (χ2n) is 6.06. The van der Waals surface area contributed by atoms with Crippen LogP contribution in [0.3, 0.4) is 0 Å². The number of amides is 2. The van der Waals surface area contributed by atoms with Gasteiger partial charge in [0.1, 0.15) is 5.75 Å². The molecule has 0 aromatic heterocycles. The highest BCUT2D eigenvalue weighted by molar-refractivity contribution is 6.30. The van der Waals surface area contributed by atoms with Crippen LogP contribution in [-0.4, -0.2) is 13.1 Å². The van der Waals surface area contributed by atoms with Gasteiger partial charge in [-0.15, -0.1) is 0 Å². The van der Waals surface area contributed by atoms with E-state index < -0.39 is 0 Å². The van der Waals surface area contributed by atoms with Crippen molar-refractivity contribution in [3.8, 4) is 5.75 Å². The number of ether oxygens (including phenoxy) is 1. The average molecular weight is 347 g/mol. The molecule has 2 aromatic rings. The minimum atomic E-state index is -0.237. The average Bonchev–Trinajstić information content (AvgIpc) is 2.56. The van der Waals surface area contributed by atoms with Crippen molar-refractivity contribution in [1.82, 2.24) is 5.32 Å². The Balaban J connectivity index is 2.06. The molecule has 2 N–H and O–H groups in total. The lowest BCUT2D eigenvalue weighted by molar-refractivity contribution is 0.246. The molecule has 0 saturated carbocycles. The molecule has 2 amide bonds. The van der Waals surface area contributed by atoms with Crippen LogP contribution < -0.4 is 15.4 Å². The van der Waals surface area contributed by atoms with Gasteiger partial charge in [-0.25, -0.2) is 4.79 Å². The molecule has 24 heavy (non-hydrogen) atoms. The monoisotopic (exact) mass is 346 g/mol. The minimum absolute atomic E-state index is 0.0665. The van der Waals surface area contributed by atoms with Crippen LogP contribution in [0.25, 0.3) is 0 Å². The summed E-state index contributed by atoms with van der Waals surface area (Å²) < 4.78 is 5.19. The van der Waals surface area contributed by atoms with E-state index in [0.29, 0.717) is 16.6 Å². The van der Waals surface area contributed by atoms with Crippen LogP contribution >= 0.6 is 11.6 Å². The number of carbonyl (C=O) groups is 1. The zero-order chi connectivity index (χ0) is 17.5. The molecule has 0 radical (unpaired) electrons. The van der Waals surface area contributed by atoms with Crippen molar-refractivity contribution < 1.29 is 9.53 Å². The fourth-order valence-corrected chi connectivity index (χ4v) is 2.57. The summed E-state index contributed by atoms with van der Waals surface area (Å²) in [5, 5.41) is 6.51. The van der Waals surface area contributed by atoms with Crippen molar-refractivity contribution in [2.24, 2.45) is 5.92 Å². The molecular weight excluding hydrogens is 324 g/mol. The molecule has 2 rings (SSSR count). The molecule has 5 heteroatoms. The zero-order valence-corrected chi connectivity index (χ0v) is 14.9. The minimum Gasteiger partial charge on any atom is -0.497 e. The molecule has 0 spiro atoms. The van der Waals surface area contributed by atoms with Gasteiger partial charge in [-0.3, -0.25) is 0 Å². The van der Waals surface area contributed by atoms with Gasteiger partial charge in [-0.05, 0) is 54.3 Å². The summed E-state index contributed by atoms with van der Waals surface area (Å²) in [7, 11) is 1.64. The number of hydrogen-bond donors (Lipinski definition) is 2. The molecule has 2 aromatic carbocycles. The van der Waals surface area contributed by atoms with E-state index in [0.717, 1.165) is 17.7 Å². The third-order valence-corrected chi connectivity index (χ3v) is 3.88. The maximum atomic E-state index is 12.3. The number of anilines is 1. The second kappa shape index (κ2) is 8.60. The summed E-state index contributed by atoms with van der Waals surface area (Å²) in [5.74, 6) is 1.25. The van der Waals surface area contributed by atoms with E-state index in [4.69, 9.17) is 16.3 Å². The quantitative estimate of drug-likeness (QED) is 0.749. The first-order valence-electron chi connectivity index (χ1n) is 7.95. The lowest BCUT2D eigenvalue weighted by Crippen LogP contribution is -2.33. The maximum absolute atomic E-state index is 12.3. The Morgan fingerprint density at radius 2 is 1.71 bits per heavy atom. The van der Waals surface area contributed by atoms with Gasteiger partial charge < -0.3 is 15.4 Å². The Kier molecular flexibility index (Phi) is 6.50. The van der Waals surface area contributed by atoms with Crippen molar-refractivity contribution in [2.75, 3.05) is 12.4 Å². The SMILES string of the molecule is COc1ccc([C@H](CC(C)C)NC(=O)Nc2ccc(Cl)cc2)cc1. The number of methoxy groups -OCH3 is 1. The number of benzene rings is 2. The first-order chi connectivity index (χ1) is 11.5. The summed E-state index contributed by atoms with van der Waals surface area (Å²) >= 11 is 5.86. The van der Waals surface area contributed by atoms with Crippen LogP contribution in [0.4, 0.5) is 10.5 Å². The maximum Gasteiger partial charge on any atom is 0.319 e. The number of hydrogen-bond acceptors (Lipinski definition) is 2. The molecule has 0 aliphatic carbocycles. The predicted molar refractivity (Wildman–Crippen MR) is 98.8 cm³/mol. The van der Waals surface area contributed by atoms with Crippen molar-refractivity contribution in [3.05, 3.63) is 59.1 Å². The van der Waals surface area contributed by atoms with Crippen LogP contribution in [0, 0.1) is 5.92 Å². The van der Waals surface area contributed by atoms with Crippen molar-refractivity contribution >= 4 is 23.3 Å². The van der Waals surface area contributed by atoms with Gasteiger partial charge in [0.2, 0.25) is 0 Å². The lowest BCUT2D eigenvalue weighted by Gasteiger charge is -2.21. The van der Waals surface area contributed by atoms with E-state index in [-0.39, 0.29) is 12.1 Å². The van der Waals surface area contributed by atoms with Gasteiger partial charge in [0.25, 0.3) is 0 Å². The molecule has 1 atom stereocenters. The lowest BCUT2D eigenvalue weighted by atomic mass is 9.97. The van der Waals surface area contributed by atoms with E-state index in [2.05, 4.69) is 24.5 Å². The Morgan fingerprint density at radius 1 is 1.08 bits per heavy atom. The molecular formula is C19H23ClN2O2.